The molecule has 0 aliphatic carbocycles. The Bertz CT molecular complexity index is 617. The van der Waals surface area contributed by atoms with Gasteiger partial charge in [0.25, 0.3) is 5.91 Å². The third-order valence-corrected chi connectivity index (χ3v) is 2.61. The fourth-order valence-electron chi connectivity index (χ4n) is 1.62. The Balaban J connectivity index is 2.14. The highest BCUT2D eigenvalue weighted by Crippen LogP contribution is 2.14. The summed E-state index contributed by atoms with van der Waals surface area (Å²) in [6.07, 6.45) is 0. The molecule has 98 valence electrons. The standard InChI is InChI=1S/C14H14N2O3/c1-9(17)10-3-2-4-11(7-10)16-14(18)13-6-5-12(8-15)19-13/h2-7H,8,15H2,1H3,(H,16,18). The van der Waals surface area contributed by atoms with E-state index in [0.29, 0.717) is 17.0 Å². The van der Waals surface area contributed by atoms with Crippen molar-refractivity contribution in [1.82, 2.24) is 0 Å². The molecule has 3 N–H and O–H groups in total. The number of Topliss-reactive ketones (excluding diaryl/α,β-unsaturated/α-hetero) is 1. The van der Waals surface area contributed by atoms with Crippen LogP contribution in [-0.2, 0) is 6.54 Å². The first kappa shape index (κ1) is 13.0. The van der Waals surface area contributed by atoms with Gasteiger partial charge in [-0.25, -0.2) is 0 Å². The number of anilines is 1. The predicted molar refractivity (Wildman–Crippen MR) is 71.0 cm³/mol. The minimum absolute atomic E-state index is 0.0560. The Hall–Kier alpha value is -2.40. The number of hydrogen-bond donors (Lipinski definition) is 2. The van der Waals surface area contributed by atoms with Crippen molar-refractivity contribution in [3.05, 3.63) is 53.5 Å². The van der Waals surface area contributed by atoms with E-state index in [-0.39, 0.29) is 24.0 Å². The Morgan fingerprint density at radius 3 is 2.68 bits per heavy atom. The molecule has 0 aliphatic heterocycles. The molecule has 2 rings (SSSR count). The highest BCUT2D eigenvalue weighted by atomic mass is 16.4. The van der Waals surface area contributed by atoms with Crippen LogP contribution in [0.4, 0.5) is 5.69 Å². The highest BCUT2D eigenvalue weighted by molar-refractivity contribution is 6.03. The summed E-state index contributed by atoms with van der Waals surface area (Å²) < 4.78 is 5.24. The lowest BCUT2D eigenvalue weighted by molar-refractivity contribution is 0.0990. The van der Waals surface area contributed by atoms with E-state index in [9.17, 15) is 9.59 Å². The SMILES string of the molecule is CC(=O)c1cccc(NC(=O)c2ccc(CN)o2)c1. The molecule has 0 radical (unpaired) electrons. The van der Waals surface area contributed by atoms with Gasteiger partial charge >= 0.3 is 0 Å². The number of benzene rings is 1. The van der Waals surface area contributed by atoms with Crippen molar-refractivity contribution >= 4 is 17.4 Å². The van der Waals surface area contributed by atoms with Gasteiger partial charge in [0.1, 0.15) is 5.76 Å². The Labute approximate surface area is 110 Å². The van der Waals surface area contributed by atoms with Crippen molar-refractivity contribution in [3.63, 3.8) is 0 Å². The van der Waals surface area contributed by atoms with Gasteiger partial charge in [-0.2, -0.15) is 0 Å². The van der Waals surface area contributed by atoms with Crippen molar-refractivity contribution in [2.45, 2.75) is 13.5 Å². The largest absolute Gasteiger partial charge is 0.455 e. The normalized spacial score (nSPS) is 10.2. The molecule has 0 atom stereocenters. The minimum atomic E-state index is -0.375. The predicted octanol–water partition coefficient (Wildman–Crippen LogP) is 2.19. The molecule has 0 saturated heterocycles. The number of nitrogens with one attached hydrogen (secondary N) is 1. The zero-order chi connectivity index (χ0) is 13.8. The minimum Gasteiger partial charge on any atom is -0.455 e. The quantitative estimate of drug-likeness (QED) is 0.823. The summed E-state index contributed by atoms with van der Waals surface area (Å²) in [5, 5.41) is 2.67. The molecule has 0 saturated carbocycles. The maximum absolute atomic E-state index is 11.9. The number of furan rings is 1. The van der Waals surface area contributed by atoms with Crippen LogP contribution in [0, 0.1) is 0 Å². The summed E-state index contributed by atoms with van der Waals surface area (Å²) in [4.78, 5) is 23.1. The van der Waals surface area contributed by atoms with Crippen LogP contribution in [0.25, 0.3) is 0 Å². The molecular formula is C14H14N2O3. The van der Waals surface area contributed by atoms with Gasteiger partial charge in [0.15, 0.2) is 11.5 Å². The summed E-state index contributed by atoms with van der Waals surface area (Å²) in [6.45, 7) is 1.72. The lowest BCUT2D eigenvalue weighted by atomic mass is 10.1. The average Bonchev–Trinajstić information content (AvgIpc) is 2.88. The van der Waals surface area contributed by atoms with Gasteiger partial charge in [-0.15, -0.1) is 0 Å². The summed E-state index contributed by atoms with van der Waals surface area (Å²) in [6, 6.07) is 9.94. The number of ketones is 1. The molecule has 1 amide bonds. The fraction of sp³-hybridized carbons (Fsp3) is 0.143. The summed E-state index contributed by atoms with van der Waals surface area (Å²) in [7, 11) is 0. The van der Waals surface area contributed by atoms with Crippen molar-refractivity contribution < 1.29 is 14.0 Å². The van der Waals surface area contributed by atoms with Gasteiger partial charge in [0.05, 0.1) is 6.54 Å². The first-order chi connectivity index (χ1) is 9.10. The van der Waals surface area contributed by atoms with Crippen LogP contribution in [0.5, 0.6) is 0 Å². The maximum atomic E-state index is 11.9. The molecule has 0 bridgehead atoms. The molecule has 5 heteroatoms. The Morgan fingerprint density at radius 2 is 2.05 bits per heavy atom. The van der Waals surface area contributed by atoms with E-state index in [2.05, 4.69) is 5.32 Å². The molecule has 0 unspecified atom stereocenters. The lowest BCUT2D eigenvalue weighted by Gasteiger charge is -2.04. The average molecular weight is 258 g/mol. The lowest BCUT2D eigenvalue weighted by Crippen LogP contribution is -2.11. The van der Waals surface area contributed by atoms with Gasteiger partial charge in [-0.05, 0) is 31.2 Å². The smallest absolute Gasteiger partial charge is 0.291 e. The van der Waals surface area contributed by atoms with Crippen LogP contribution in [0.15, 0.2) is 40.8 Å². The Morgan fingerprint density at radius 1 is 1.26 bits per heavy atom. The molecule has 1 aromatic carbocycles. The highest BCUT2D eigenvalue weighted by Gasteiger charge is 2.11. The molecule has 0 spiro atoms. The van der Waals surface area contributed by atoms with Crippen LogP contribution in [0.3, 0.4) is 0 Å². The number of carbonyl (C=O) groups is 2. The van der Waals surface area contributed by atoms with Crippen LogP contribution in [0.2, 0.25) is 0 Å². The van der Waals surface area contributed by atoms with Gasteiger partial charge in [0, 0.05) is 11.3 Å². The second-order valence-electron chi connectivity index (χ2n) is 4.06. The molecule has 0 fully saturated rings. The van der Waals surface area contributed by atoms with Crippen LogP contribution < -0.4 is 11.1 Å². The van der Waals surface area contributed by atoms with Crippen LogP contribution in [0.1, 0.15) is 33.6 Å². The third-order valence-electron chi connectivity index (χ3n) is 2.61. The third kappa shape index (κ3) is 3.08. The second-order valence-corrected chi connectivity index (χ2v) is 4.06. The van der Waals surface area contributed by atoms with Gasteiger partial charge in [-0.3, -0.25) is 9.59 Å². The summed E-state index contributed by atoms with van der Waals surface area (Å²) in [5.74, 6) is 0.302. The second kappa shape index (κ2) is 5.49. The zero-order valence-electron chi connectivity index (χ0n) is 10.5. The van der Waals surface area contributed by atoms with Gasteiger partial charge in [0.2, 0.25) is 0 Å². The first-order valence-corrected chi connectivity index (χ1v) is 5.81. The Kier molecular flexibility index (Phi) is 3.77. The van der Waals surface area contributed by atoms with Crippen LogP contribution in [-0.4, -0.2) is 11.7 Å². The van der Waals surface area contributed by atoms with E-state index in [0.717, 1.165) is 0 Å². The molecule has 1 heterocycles. The first-order valence-electron chi connectivity index (χ1n) is 5.81. The van der Waals surface area contributed by atoms with Crippen molar-refractivity contribution in [3.8, 4) is 0 Å². The van der Waals surface area contributed by atoms with E-state index in [4.69, 9.17) is 10.2 Å². The molecule has 5 nitrogen and oxygen atoms in total. The van der Waals surface area contributed by atoms with Crippen molar-refractivity contribution in [1.29, 1.82) is 0 Å². The zero-order valence-corrected chi connectivity index (χ0v) is 10.5. The molecule has 0 aliphatic rings. The van der Waals surface area contributed by atoms with E-state index >= 15 is 0 Å². The van der Waals surface area contributed by atoms with Crippen molar-refractivity contribution in [2.24, 2.45) is 5.73 Å². The van der Waals surface area contributed by atoms with Gasteiger partial charge in [-0.1, -0.05) is 12.1 Å². The summed E-state index contributed by atoms with van der Waals surface area (Å²) in [5.41, 5.74) is 6.49. The number of nitrogens with two attached hydrogens (primary N) is 1. The fourth-order valence-corrected chi connectivity index (χ4v) is 1.62. The van der Waals surface area contributed by atoms with E-state index in [1.54, 1.807) is 36.4 Å². The molecule has 19 heavy (non-hydrogen) atoms. The van der Waals surface area contributed by atoms with E-state index < -0.39 is 0 Å². The molecular weight excluding hydrogens is 244 g/mol. The van der Waals surface area contributed by atoms with E-state index in [1.165, 1.54) is 6.92 Å². The monoisotopic (exact) mass is 258 g/mol. The number of amides is 1. The number of carbonyl (C=O) groups excluding carboxylic acids is 2. The molecule has 1 aromatic heterocycles. The molecule has 2 aromatic rings. The van der Waals surface area contributed by atoms with E-state index in [1.807, 2.05) is 0 Å². The van der Waals surface area contributed by atoms with Gasteiger partial charge < -0.3 is 15.5 Å². The van der Waals surface area contributed by atoms with Crippen molar-refractivity contribution in [2.75, 3.05) is 5.32 Å². The van der Waals surface area contributed by atoms with Crippen LogP contribution >= 0.6 is 0 Å². The number of rotatable bonds is 4. The topological polar surface area (TPSA) is 85.3 Å². The maximum Gasteiger partial charge on any atom is 0.291 e. The number of hydrogen-bond acceptors (Lipinski definition) is 4. The summed E-state index contributed by atoms with van der Waals surface area (Å²) >= 11 is 0.